The van der Waals surface area contributed by atoms with Gasteiger partial charge >= 0.3 is 0 Å². The number of nitrogens with zero attached hydrogens (tertiary/aromatic N) is 2. The molecule has 0 radical (unpaired) electrons. The van der Waals surface area contributed by atoms with E-state index in [4.69, 9.17) is 4.74 Å². The Hall–Kier alpha value is -3.12. The van der Waals surface area contributed by atoms with Gasteiger partial charge in [-0.15, -0.1) is 0 Å². The molecule has 1 saturated heterocycles. The van der Waals surface area contributed by atoms with Crippen LogP contribution < -0.4 is 10.1 Å². The number of piperazine rings is 1. The maximum absolute atomic E-state index is 13.1. The van der Waals surface area contributed by atoms with E-state index in [1.165, 1.54) is 0 Å². The first kappa shape index (κ1) is 19.6. The predicted octanol–water partition coefficient (Wildman–Crippen LogP) is 2.24. The minimum atomic E-state index is -0.303. The zero-order valence-electron chi connectivity index (χ0n) is 16.2. The summed E-state index contributed by atoms with van der Waals surface area (Å²) in [5.74, 6) is 0.258. The van der Waals surface area contributed by atoms with Crippen molar-refractivity contribution in [3.8, 4) is 5.75 Å². The monoisotopic (exact) mass is 379 g/mol. The quantitative estimate of drug-likeness (QED) is 0.810. The fourth-order valence-electron chi connectivity index (χ4n) is 2.98. The van der Waals surface area contributed by atoms with Crippen molar-refractivity contribution in [2.45, 2.75) is 0 Å². The van der Waals surface area contributed by atoms with E-state index in [1.54, 1.807) is 42.4 Å². The molecule has 6 nitrogen and oxygen atoms in total. The van der Waals surface area contributed by atoms with Gasteiger partial charge in [-0.1, -0.05) is 30.3 Å². The molecule has 3 rings (SSSR count). The minimum absolute atomic E-state index is 0.173. The number of carbonyl (C=O) groups excluding carboxylic acids is 2. The Kier molecular flexibility index (Phi) is 6.45. The van der Waals surface area contributed by atoms with Crippen LogP contribution >= 0.6 is 0 Å². The van der Waals surface area contributed by atoms with Gasteiger partial charge in [0.2, 0.25) is 0 Å². The minimum Gasteiger partial charge on any atom is -0.497 e. The highest BCUT2D eigenvalue weighted by Gasteiger charge is 2.23. The van der Waals surface area contributed by atoms with Crippen molar-refractivity contribution in [3.05, 3.63) is 71.4 Å². The summed E-state index contributed by atoms with van der Waals surface area (Å²) in [5.41, 5.74) is 1.59. The molecule has 0 bridgehead atoms. The Bertz CT molecular complexity index is 839. The van der Waals surface area contributed by atoms with Gasteiger partial charge in [0.15, 0.2) is 0 Å². The zero-order valence-corrected chi connectivity index (χ0v) is 16.2. The van der Waals surface area contributed by atoms with Gasteiger partial charge in [0.05, 0.1) is 7.11 Å². The number of rotatable bonds is 5. The summed E-state index contributed by atoms with van der Waals surface area (Å²) in [4.78, 5) is 29.7. The van der Waals surface area contributed by atoms with Gasteiger partial charge in [-0.2, -0.15) is 0 Å². The van der Waals surface area contributed by atoms with Crippen LogP contribution in [0.25, 0.3) is 6.08 Å². The van der Waals surface area contributed by atoms with Crippen LogP contribution in [0.3, 0.4) is 0 Å². The van der Waals surface area contributed by atoms with Gasteiger partial charge in [-0.3, -0.25) is 9.59 Å². The molecule has 2 amide bonds. The molecule has 1 fully saturated rings. The predicted molar refractivity (Wildman–Crippen MR) is 109 cm³/mol. The van der Waals surface area contributed by atoms with Crippen molar-refractivity contribution in [3.63, 3.8) is 0 Å². The Morgan fingerprint density at radius 3 is 2.21 bits per heavy atom. The Morgan fingerprint density at radius 1 is 0.964 bits per heavy atom. The van der Waals surface area contributed by atoms with Crippen molar-refractivity contribution in [2.75, 3.05) is 40.3 Å². The fourth-order valence-corrected chi connectivity index (χ4v) is 2.98. The molecule has 0 saturated carbocycles. The summed E-state index contributed by atoms with van der Waals surface area (Å²) in [6.07, 6.45) is 1.71. The van der Waals surface area contributed by atoms with Crippen LogP contribution in [0.5, 0.6) is 5.75 Å². The number of methoxy groups -OCH3 is 1. The molecule has 0 atom stereocenters. The lowest BCUT2D eigenvalue weighted by molar-refractivity contribution is -0.128. The van der Waals surface area contributed by atoms with E-state index in [-0.39, 0.29) is 17.5 Å². The number of hydrogen-bond acceptors (Lipinski definition) is 4. The van der Waals surface area contributed by atoms with E-state index in [0.717, 1.165) is 24.4 Å². The first-order valence-corrected chi connectivity index (χ1v) is 9.27. The molecule has 1 N–H and O–H groups in total. The third-order valence-electron chi connectivity index (χ3n) is 4.73. The van der Waals surface area contributed by atoms with Gasteiger partial charge in [-0.25, -0.2) is 0 Å². The molecule has 0 unspecified atom stereocenters. The molecule has 0 aliphatic carbocycles. The van der Waals surface area contributed by atoms with E-state index in [9.17, 15) is 9.59 Å². The lowest BCUT2D eigenvalue weighted by Crippen LogP contribution is -2.49. The lowest BCUT2D eigenvalue weighted by Gasteiger charge is -2.33. The molecule has 0 spiro atoms. The normalized spacial score (nSPS) is 15.2. The molecule has 146 valence electrons. The number of ether oxygens (including phenoxy) is 1. The smallest absolute Gasteiger partial charge is 0.270 e. The molecule has 2 aromatic rings. The number of amides is 2. The van der Waals surface area contributed by atoms with Crippen LogP contribution in [0.15, 0.2) is 60.3 Å². The zero-order chi connectivity index (χ0) is 19.9. The molecule has 1 heterocycles. The summed E-state index contributed by atoms with van der Waals surface area (Å²) in [6.45, 7) is 2.90. The van der Waals surface area contributed by atoms with Gasteiger partial charge in [-0.05, 0) is 43.0 Å². The van der Waals surface area contributed by atoms with E-state index in [2.05, 4.69) is 10.2 Å². The second-order valence-corrected chi connectivity index (χ2v) is 6.75. The average molecular weight is 379 g/mol. The van der Waals surface area contributed by atoms with Crippen LogP contribution in [0, 0.1) is 0 Å². The first-order valence-electron chi connectivity index (χ1n) is 9.27. The summed E-state index contributed by atoms with van der Waals surface area (Å²) >= 11 is 0. The fraction of sp³-hybridized carbons (Fsp3) is 0.273. The van der Waals surface area contributed by atoms with Crippen molar-refractivity contribution in [2.24, 2.45) is 0 Å². The third kappa shape index (κ3) is 4.98. The van der Waals surface area contributed by atoms with Gasteiger partial charge in [0, 0.05) is 31.7 Å². The van der Waals surface area contributed by atoms with Gasteiger partial charge < -0.3 is 19.9 Å². The van der Waals surface area contributed by atoms with Gasteiger partial charge in [0.1, 0.15) is 11.4 Å². The van der Waals surface area contributed by atoms with E-state index in [1.807, 2.05) is 37.4 Å². The van der Waals surface area contributed by atoms with Crippen molar-refractivity contribution < 1.29 is 14.3 Å². The highest BCUT2D eigenvalue weighted by atomic mass is 16.5. The van der Waals surface area contributed by atoms with Crippen LogP contribution in [0.2, 0.25) is 0 Å². The summed E-state index contributed by atoms with van der Waals surface area (Å²) < 4.78 is 5.18. The Labute approximate surface area is 165 Å². The first-order chi connectivity index (χ1) is 13.6. The molecule has 1 aliphatic heterocycles. The Morgan fingerprint density at radius 2 is 1.61 bits per heavy atom. The van der Waals surface area contributed by atoms with Crippen molar-refractivity contribution in [1.82, 2.24) is 15.1 Å². The molecular formula is C22H25N3O3. The van der Waals surface area contributed by atoms with E-state index >= 15 is 0 Å². The number of likely N-dealkylation sites (N-methyl/N-ethyl adjacent to an activating group) is 1. The largest absolute Gasteiger partial charge is 0.497 e. The SMILES string of the molecule is COc1ccc(/C=C(/NC(=O)c2ccccc2)C(=O)N2CCN(C)CC2)cc1. The van der Waals surface area contributed by atoms with E-state index < -0.39 is 0 Å². The van der Waals surface area contributed by atoms with Gasteiger partial charge in [0.25, 0.3) is 11.8 Å². The lowest BCUT2D eigenvalue weighted by atomic mass is 10.1. The molecule has 1 aliphatic rings. The topological polar surface area (TPSA) is 61.9 Å². The standard InChI is InChI=1S/C22H25N3O3/c1-24-12-14-25(15-13-24)22(27)20(16-17-8-10-19(28-2)11-9-17)23-21(26)18-6-4-3-5-7-18/h3-11,16H,12-15H2,1-2H3,(H,23,26)/b20-16+. The molecule has 6 heteroatoms. The Balaban J connectivity index is 1.85. The highest BCUT2D eigenvalue weighted by molar-refractivity contribution is 6.05. The number of nitrogens with one attached hydrogen (secondary N) is 1. The molecule has 28 heavy (non-hydrogen) atoms. The van der Waals surface area contributed by atoms with Crippen LogP contribution in [-0.4, -0.2) is 62.0 Å². The van der Waals surface area contributed by atoms with Crippen molar-refractivity contribution in [1.29, 1.82) is 0 Å². The van der Waals surface area contributed by atoms with Crippen molar-refractivity contribution >= 4 is 17.9 Å². The summed E-state index contributed by atoms with van der Waals surface area (Å²) in [7, 11) is 3.64. The third-order valence-corrected chi connectivity index (χ3v) is 4.73. The summed E-state index contributed by atoms with van der Waals surface area (Å²) in [6, 6.07) is 16.2. The average Bonchev–Trinajstić information content (AvgIpc) is 2.74. The molecule has 2 aromatic carbocycles. The van der Waals surface area contributed by atoms with Crippen LogP contribution in [-0.2, 0) is 4.79 Å². The second kappa shape index (κ2) is 9.19. The molecular weight excluding hydrogens is 354 g/mol. The highest BCUT2D eigenvalue weighted by Crippen LogP contribution is 2.15. The second-order valence-electron chi connectivity index (χ2n) is 6.75. The maximum Gasteiger partial charge on any atom is 0.270 e. The van der Waals surface area contributed by atoms with Crippen LogP contribution in [0.4, 0.5) is 0 Å². The van der Waals surface area contributed by atoms with Crippen LogP contribution in [0.1, 0.15) is 15.9 Å². The number of hydrogen-bond donors (Lipinski definition) is 1. The number of carbonyl (C=O) groups is 2. The maximum atomic E-state index is 13.1. The molecule has 0 aromatic heterocycles. The van der Waals surface area contributed by atoms with E-state index in [0.29, 0.717) is 18.7 Å². The summed E-state index contributed by atoms with van der Waals surface area (Å²) in [5, 5.41) is 2.80. The number of benzene rings is 2.